The van der Waals surface area contributed by atoms with Crippen molar-refractivity contribution in [3.8, 4) is 0 Å². The van der Waals surface area contributed by atoms with E-state index in [1.807, 2.05) is 0 Å². The van der Waals surface area contributed by atoms with Crippen LogP contribution in [0.3, 0.4) is 0 Å². The number of aliphatic carboxylic acids is 1. The zero-order chi connectivity index (χ0) is 12.0. The highest BCUT2D eigenvalue weighted by molar-refractivity contribution is 5.89. The van der Waals surface area contributed by atoms with Crippen molar-refractivity contribution in [3.05, 3.63) is 0 Å². The van der Waals surface area contributed by atoms with Crippen LogP contribution < -0.4 is 5.32 Å². The van der Waals surface area contributed by atoms with Crippen molar-refractivity contribution in [2.75, 3.05) is 0 Å². The number of nitrogens with one attached hydrogen (secondary N) is 1. The van der Waals surface area contributed by atoms with Crippen molar-refractivity contribution in [1.29, 1.82) is 0 Å². The van der Waals surface area contributed by atoms with Gasteiger partial charge in [0.25, 0.3) is 0 Å². The van der Waals surface area contributed by atoms with Gasteiger partial charge in [0.15, 0.2) is 0 Å². The van der Waals surface area contributed by atoms with E-state index in [9.17, 15) is 9.59 Å². The monoisotopic (exact) mass is 225 g/mol. The lowest BCUT2D eigenvalue weighted by Gasteiger charge is -2.42. The Balaban J connectivity index is 2.18. The third-order valence-corrected chi connectivity index (χ3v) is 4.28. The molecule has 0 aromatic carbocycles. The standard InChI is InChI=1S/C12H19NO3/c1-11(2)3-5-12(6-4-11)7-8(14)13-9(12)10(15)16/h9H,3-7H2,1-2H3,(H,13,14)(H,15,16). The van der Waals surface area contributed by atoms with Crippen LogP contribution in [-0.4, -0.2) is 23.0 Å². The van der Waals surface area contributed by atoms with Crippen molar-refractivity contribution in [2.45, 2.75) is 52.0 Å². The van der Waals surface area contributed by atoms with Crippen LogP contribution in [0.2, 0.25) is 0 Å². The molecule has 0 aromatic heterocycles. The normalized spacial score (nSPS) is 31.4. The first kappa shape index (κ1) is 11.4. The molecule has 4 nitrogen and oxygen atoms in total. The summed E-state index contributed by atoms with van der Waals surface area (Å²) in [5.41, 5.74) is -0.0294. The highest BCUT2D eigenvalue weighted by Crippen LogP contribution is 2.50. The quantitative estimate of drug-likeness (QED) is 0.711. The van der Waals surface area contributed by atoms with Gasteiger partial charge in [0.2, 0.25) is 5.91 Å². The summed E-state index contributed by atoms with van der Waals surface area (Å²) in [5, 5.41) is 11.8. The Morgan fingerprint density at radius 1 is 1.31 bits per heavy atom. The molecule has 0 aromatic rings. The molecule has 2 rings (SSSR count). The number of hydrogen-bond acceptors (Lipinski definition) is 2. The van der Waals surface area contributed by atoms with Crippen molar-refractivity contribution in [2.24, 2.45) is 10.8 Å². The molecule has 1 saturated heterocycles. The van der Waals surface area contributed by atoms with Crippen LogP contribution in [0.25, 0.3) is 0 Å². The third-order valence-electron chi connectivity index (χ3n) is 4.28. The smallest absolute Gasteiger partial charge is 0.326 e. The van der Waals surface area contributed by atoms with E-state index in [-0.39, 0.29) is 11.3 Å². The van der Waals surface area contributed by atoms with Crippen LogP contribution in [0.15, 0.2) is 0 Å². The van der Waals surface area contributed by atoms with Gasteiger partial charge in [-0.1, -0.05) is 13.8 Å². The lowest BCUT2D eigenvalue weighted by molar-refractivity contribution is -0.143. The molecule has 90 valence electrons. The molecule has 2 N–H and O–H groups in total. The second-order valence-corrected chi connectivity index (χ2v) is 6.04. The van der Waals surface area contributed by atoms with Crippen molar-refractivity contribution >= 4 is 11.9 Å². The van der Waals surface area contributed by atoms with Gasteiger partial charge >= 0.3 is 5.97 Å². The van der Waals surface area contributed by atoms with Gasteiger partial charge < -0.3 is 10.4 Å². The highest BCUT2D eigenvalue weighted by atomic mass is 16.4. The van der Waals surface area contributed by atoms with Crippen LogP contribution >= 0.6 is 0 Å². The van der Waals surface area contributed by atoms with Crippen LogP contribution in [0, 0.1) is 10.8 Å². The third kappa shape index (κ3) is 1.81. The van der Waals surface area contributed by atoms with E-state index in [0.717, 1.165) is 25.7 Å². The van der Waals surface area contributed by atoms with Gasteiger partial charge in [-0.05, 0) is 31.1 Å². The average Bonchev–Trinajstić information content (AvgIpc) is 2.50. The molecule has 0 radical (unpaired) electrons. The zero-order valence-electron chi connectivity index (χ0n) is 9.88. The summed E-state index contributed by atoms with van der Waals surface area (Å²) in [6.45, 7) is 4.42. The van der Waals surface area contributed by atoms with E-state index in [1.165, 1.54) is 0 Å². The van der Waals surface area contributed by atoms with Crippen LogP contribution in [0.5, 0.6) is 0 Å². The number of carboxylic acids is 1. The molecule has 1 unspecified atom stereocenters. The maximum atomic E-state index is 11.4. The van der Waals surface area contributed by atoms with Gasteiger partial charge in [-0.2, -0.15) is 0 Å². The molecule has 0 bridgehead atoms. The minimum atomic E-state index is -0.884. The molecule has 1 atom stereocenters. The predicted molar refractivity (Wildman–Crippen MR) is 58.9 cm³/mol. The molecule has 1 spiro atoms. The van der Waals surface area contributed by atoms with Gasteiger partial charge in [0, 0.05) is 11.8 Å². The molecule has 4 heteroatoms. The number of carboxylic acid groups (broad SMARTS) is 1. The second kappa shape index (κ2) is 3.47. The molecule has 1 saturated carbocycles. The topological polar surface area (TPSA) is 66.4 Å². The summed E-state index contributed by atoms with van der Waals surface area (Å²) in [5.74, 6) is -0.988. The summed E-state index contributed by atoms with van der Waals surface area (Å²) in [4.78, 5) is 22.6. The molecule has 1 amide bonds. The fraction of sp³-hybridized carbons (Fsp3) is 0.833. The molecule has 1 heterocycles. The summed E-state index contributed by atoms with van der Waals surface area (Å²) in [7, 11) is 0. The largest absolute Gasteiger partial charge is 0.480 e. The first-order valence-electron chi connectivity index (χ1n) is 5.87. The fourth-order valence-electron chi connectivity index (χ4n) is 3.00. The molecule has 2 fully saturated rings. The maximum Gasteiger partial charge on any atom is 0.326 e. The molecular formula is C12H19NO3. The lowest BCUT2D eigenvalue weighted by atomic mass is 9.62. The average molecular weight is 225 g/mol. The van der Waals surface area contributed by atoms with Gasteiger partial charge in [0.05, 0.1) is 0 Å². The molecule has 2 aliphatic rings. The second-order valence-electron chi connectivity index (χ2n) is 6.04. The van der Waals surface area contributed by atoms with Crippen molar-refractivity contribution < 1.29 is 14.7 Å². The van der Waals surface area contributed by atoms with E-state index >= 15 is 0 Å². The summed E-state index contributed by atoms with van der Waals surface area (Å²) in [6.07, 6.45) is 4.09. The Labute approximate surface area is 95.4 Å². The lowest BCUT2D eigenvalue weighted by Crippen LogP contribution is -2.46. The Kier molecular flexibility index (Phi) is 2.48. The minimum Gasteiger partial charge on any atom is -0.480 e. The number of hydrogen-bond donors (Lipinski definition) is 2. The fourth-order valence-corrected chi connectivity index (χ4v) is 3.00. The van der Waals surface area contributed by atoms with Crippen LogP contribution in [0.4, 0.5) is 0 Å². The van der Waals surface area contributed by atoms with E-state index in [0.29, 0.717) is 11.8 Å². The van der Waals surface area contributed by atoms with E-state index in [2.05, 4.69) is 19.2 Å². The SMILES string of the molecule is CC1(C)CCC2(CC1)CC(=O)NC2C(=O)O. The zero-order valence-corrected chi connectivity index (χ0v) is 9.88. The highest BCUT2D eigenvalue weighted by Gasteiger charge is 2.52. The number of rotatable bonds is 1. The molecular weight excluding hydrogens is 206 g/mol. The number of carbonyl (C=O) groups is 2. The first-order chi connectivity index (χ1) is 7.35. The summed E-state index contributed by atoms with van der Waals surface area (Å²) >= 11 is 0. The number of carbonyl (C=O) groups excluding carboxylic acids is 1. The van der Waals surface area contributed by atoms with E-state index < -0.39 is 12.0 Å². The van der Waals surface area contributed by atoms with Crippen LogP contribution in [-0.2, 0) is 9.59 Å². The Morgan fingerprint density at radius 3 is 2.38 bits per heavy atom. The summed E-state index contributed by atoms with van der Waals surface area (Å²) in [6, 6.07) is -0.670. The predicted octanol–water partition coefficient (Wildman–Crippen LogP) is 1.55. The molecule has 16 heavy (non-hydrogen) atoms. The van der Waals surface area contributed by atoms with Gasteiger partial charge in [-0.3, -0.25) is 4.79 Å². The number of amides is 1. The molecule has 1 aliphatic carbocycles. The van der Waals surface area contributed by atoms with Gasteiger partial charge in [-0.15, -0.1) is 0 Å². The van der Waals surface area contributed by atoms with Crippen LogP contribution in [0.1, 0.15) is 46.0 Å². The molecule has 1 aliphatic heterocycles. The Bertz CT molecular complexity index is 325. The minimum absolute atomic E-state index is 0.105. The van der Waals surface area contributed by atoms with E-state index in [1.54, 1.807) is 0 Å². The van der Waals surface area contributed by atoms with Gasteiger partial charge in [0.1, 0.15) is 6.04 Å². The Morgan fingerprint density at radius 2 is 1.88 bits per heavy atom. The Hall–Kier alpha value is -1.06. The van der Waals surface area contributed by atoms with Crippen molar-refractivity contribution in [1.82, 2.24) is 5.32 Å². The van der Waals surface area contributed by atoms with E-state index in [4.69, 9.17) is 5.11 Å². The maximum absolute atomic E-state index is 11.4. The van der Waals surface area contributed by atoms with Crippen molar-refractivity contribution in [3.63, 3.8) is 0 Å². The van der Waals surface area contributed by atoms with Gasteiger partial charge in [-0.25, -0.2) is 4.79 Å². The summed E-state index contributed by atoms with van der Waals surface area (Å²) < 4.78 is 0. The first-order valence-corrected chi connectivity index (χ1v) is 5.87.